The Labute approximate surface area is 141 Å². The molecule has 5 nitrogen and oxygen atoms in total. The molecule has 1 aliphatic heterocycles. The maximum Gasteiger partial charge on any atom is 0.132 e. The average molecular weight is 341 g/mol. The van der Waals surface area contributed by atoms with Crippen LogP contribution in [0.2, 0.25) is 0 Å². The topological polar surface area (TPSA) is 61.4 Å². The van der Waals surface area contributed by atoms with E-state index in [0.29, 0.717) is 37.4 Å². The smallest absolute Gasteiger partial charge is 0.132 e. The number of nitrogens with one attached hydrogen (secondary N) is 2. The molecule has 1 fully saturated rings. The summed E-state index contributed by atoms with van der Waals surface area (Å²) in [5, 5.41) is 5.83. The van der Waals surface area contributed by atoms with Crippen molar-refractivity contribution in [3.8, 4) is 0 Å². The van der Waals surface area contributed by atoms with Crippen molar-refractivity contribution >= 4 is 18.3 Å². The van der Waals surface area contributed by atoms with Crippen molar-refractivity contribution < 1.29 is 18.4 Å². The molecule has 1 atom stereocenters. The van der Waals surface area contributed by atoms with E-state index < -0.39 is 17.6 Å². The molecule has 0 aliphatic carbocycles. The molecule has 0 radical (unpaired) electrons. The molecule has 1 aromatic rings. The van der Waals surface area contributed by atoms with E-state index in [1.165, 1.54) is 12.1 Å². The second-order valence-corrected chi connectivity index (χ2v) is 5.70. The first-order chi connectivity index (χ1) is 11.5. The van der Waals surface area contributed by atoms with Crippen molar-refractivity contribution in [2.75, 3.05) is 39.1 Å². The number of hydrogen-bond acceptors (Lipinski definition) is 5. The minimum absolute atomic E-state index is 0.0972. The fourth-order valence-electron chi connectivity index (χ4n) is 2.51. The van der Waals surface area contributed by atoms with Crippen molar-refractivity contribution in [1.29, 1.82) is 0 Å². The summed E-state index contributed by atoms with van der Waals surface area (Å²) in [5.74, 6) is -2.40. The second-order valence-electron chi connectivity index (χ2n) is 5.70. The van der Waals surface area contributed by atoms with Gasteiger partial charge in [-0.1, -0.05) is 0 Å². The highest BCUT2D eigenvalue weighted by Crippen LogP contribution is 2.30. The third kappa shape index (κ3) is 5.07. The average Bonchev–Trinajstić information content (AvgIpc) is 2.49. The van der Waals surface area contributed by atoms with Gasteiger partial charge in [-0.25, -0.2) is 8.78 Å². The Morgan fingerprint density at radius 2 is 1.75 bits per heavy atom. The number of carbonyl (C=O) groups excluding carboxylic acids is 2. The molecule has 0 bridgehead atoms. The van der Waals surface area contributed by atoms with Gasteiger partial charge in [-0.2, -0.15) is 0 Å². The fourth-order valence-corrected chi connectivity index (χ4v) is 2.51. The summed E-state index contributed by atoms with van der Waals surface area (Å²) in [4.78, 5) is 23.2. The van der Waals surface area contributed by atoms with E-state index >= 15 is 0 Å². The molecule has 24 heavy (non-hydrogen) atoms. The van der Waals surface area contributed by atoms with E-state index in [1.54, 1.807) is 0 Å². The van der Waals surface area contributed by atoms with Crippen LogP contribution in [0.3, 0.4) is 0 Å². The lowest BCUT2D eigenvalue weighted by molar-refractivity contribution is -0.110. The number of hydrogen-bond donors (Lipinski definition) is 2. The Balaban J connectivity index is 0.000000891. The number of rotatable bonds is 7. The van der Waals surface area contributed by atoms with Gasteiger partial charge in [-0.15, -0.1) is 0 Å². The largest absolute Gasteiger partial charge is 0.368 e. The molecule has 0 saturated carbocycles. The highest BCUT2D eigenvalue weighted by Gasteiger charge is 2.28. The monoisotopic (exact) mass is 341 g/mol. The van der Waals surface area contributed by atoms with Crippen LogP contribution in [0.4, 0.5) is 14.5 Å². The third-order valence-corrected chi connectivity index (χ3v) is 3.85. The van der Waals surface area contributed by atoms with Gasteiger partial charge in [-0.3, -0.25) is 0 Å². The van der Waals surface area contributed by atoms with Crippen molar-refractivity contribution in [2.45, 2.75) is 24.8 Å². The number of nitrogens with zero attached hydrogens (tertiary/aromatic N) is 1. The van der Waals surface area contributed by atoms with Gasteiger partial charge < -0.3 is 25.1 Å². The summed E-state index contributed by atoms with van der Waals surface area (Å²) in [6.07, 6.45) is 1.34. The zero-order chi connectivity index (χ0) is 18.1. The second kappa shape index (κ2) is 10.1. The van der Waals surface area contributed by atoms with Crippen molar-refractivity contribution in [1.82, 2.24) is 10.6 Å². The van der Waals surface area contributed by atoms with Gasteiger partial charge in [0.05, 0.1) is 0 Å². The summed E-state index contributed by atoms with van der Waals surface area (Å²) in [6.45, 7) is 1.38. The van der Waals surface area contributed by atoms with Crippen LogP contribution in [-0.2, 0) is 9.59 Å². The van der Waals surface area contributed by atoms with E-state index in [-0.39, 0.29) is 18.4 Å². The van der Waals surface area contributed by atoms with E-state index in [2.05, 4.69) is 10.6 Å². The maximum absolute atomic E-state index is 14.1. The number of carbonyl (C=O) groups is 2. The molecule has 7 heteroatoms. The Bertz CT molecular complexity index is 526. The van der Waals surface area contributed by atoms with Crippen LogP contribution in [0.25, 0.3) is 0 Å². The maximum atomic E-state index is 14.1. The van der Waals surface area contributed by atoms with Crippen LogP contribution in [-0.4, -0.2) is 52.8 Å². The number of anilines is 1. The zero-order valence-electron chi connectivity index (χ0n) is 14.3. The molecular weight excluding hydrogens is 316 g/mol. The number of benzene rings is 1. The van der Waals surface area contributed by atoms with Crippen LogP contribution in [0.1, 0.15) is 24.3 Å². The molecule has 2 N–H and O–H groups in total. The lowest BCUT2D eigenvalue weighted by Gasteiger charge is -2.41. The van der Waals surface area contributed by atoms with Gasteiger partial charge in [0.1, 0.15) is 24.2 Å². The first-order valence-electron chi connectivity index (χ1n) is 7.90. The van der Waals surface area contributed by atoms with E-state index in [1.807, 2.05) is 26.0 Å². The number of aldehydes is 2. The fraction of sp³-hybridized carbons (Fsp3) is 0.529. The third-order valence-electron chi connectivity index (χ3n) is 3.85. The molecule has 0 spiro atoms. The molecule has 0 amide bonds. The van der Waals surface area contributed by atoms with Crippen molar-refractivity contribution in [3.05, 3.63) is 29.3 Å². The van der Waals surface area contributed by atoms with Crippen LogP contribution in [0, 0.1) is 11.6 Å². The van der Waals surface area contributed by atoms with E-state index in [0.717, 1.165) is 0 Å². The first-order valence-corrected chi connectivity index (χ1v) is 7.90. The van der Waals surface area contributed by atoms with Crippen LogP contribution in [0.15, 0.2) is 12.1 Å². The summed E-state index contributed by atoms with van der Waals surface area (Å²) in [5.41, 5.74) is 0.224. The molecule has 1 aromatic carbocycles. The predicted octanol–water partition coefficient (Wildman–Crippen LogP) is 1.47. The Morgan fingerprint density at radius 1 is 1.21 bits per heavy atom. The summed E-state index contributed by atoms with van der Waals surface area (Å²) in [6, 6.07) is 2.83. The van der Waals surface area contributed by atoms with Crippen molar-refractivity contribution in [3.63, 3.8) is 0 Å². The first kappa shape index (κ1) is 20.2. The summed E-state index contributed by atoms with van der Waals surface area (Å²) >= 11 is 0. The highest BCUT2D eigenvalue weighted by atomic mass is 19.1. The van der Waals surface area contributed by atoms with Gasteiger partial charge >= 0.3 is 0 Å². The standard InChI is InChI=1S/C15H18F2N2O2.C2H7N/c1-18-11-7-19(8-11)12-5-13(16)15(14(17)6-12)10(9-21)3-2-4-20;1-3-2/h4-6,9-11,18H,2-3,7-8H2,1H3;3H,1-2H3. The Hall–Kier alpha value is -1.86. The zero-order valence-corrected chi connectivity index (χ0v) is 14.3. The normalized spacial score (nSPS) is 15.1. The highest BCUT2D eigenvalue weighted by molar-refractivity contribution is 5.65. The van der Waals surface area contributed by atoms with Gasteiger partial charge in [0.2, 0.25) is 0 Å². The quantitative estimate of drug-likeness (QED) is 0.736. The van der Waals surface area contributed by atoms with Gasteiger partial charge in [0.15, 0.2) is 0 Å². The minimum atomic E-state index is -0.925. The minimum Gasteiger partial charge on any atom is -0.368 e. The number of halogens is 2. The van der Waals surface area contributed by atoms with Crippen LogP contribution >= 0.6 is 0 Å². The van der Waals surface area contributed by atoms with Crippen LogP contribution in [0.5, 0.6) is 0 Å². The SMILES string of the molecule is CNC.CNC1CN(c2cc(F)c(C(C=O)CCC=O)c(F)c2)C1. The van der Waals surface area contributed by atoms with Crippen LogP contribution < -0.4 is 15.5 Å². The van der Waals surface area contributed by atoms with E-state index in [4.69, 9.17) is 0 Å². The Kier molecular flexibility index (Phi) is 8.49. The molecule has 1 aliphatic rings. The molecule has 1 saturated heterocycles. The molecular formula is C17H25F2N3O2. The lowest BCUT2D eigenvalue weighted by Crippen LogP contribution is -2.57. The van der Waals surface area contributed by atoms with Crippen molar-refractivity contribution in [2.24, 2.45) is 0 Å². The predicted molar refractivity (Wildman–Crippen MR) is 90.5 cm³/mol. The lowest BCUT2D eigenvalue weighted by atomic mass is 9.94. The van der Waals surface area contributed by atoms with Gasteiger partial charge in [0.25, 0.3) is 0 Å². The van der Waals surface area contributed by atoms with Gasteiger partial charge in [-0.05, 0) is 39.7 Å². The summed E-state index contributed by atoms with van der Waals surface area (Å²) in [7, 11) is 5.59. The van der Waals surface area contributed by atoms with E-state index in [9.17, 15) is 18.4 Å². The Morgan fingerprint density at radius 3 is 2.17 bits per heavy atom. The molecule has 0 aromatic heterocycles. The summed E-state index contributed by atoms with van der Waals surface area (Å²) < 4.78 is 28.3. The van der Waals surface area contributed by atoms with Gasteiger partial charge in [0, 0.05) is 42.7 Å². The molecule has 2 rings (SSSR count). The molecule has 1 heterocycles. The molecule has 1 unspecified atom stereocenters. The molecule has 134 valence electrons. The number of likely N-dealkylation sites (N-methyl/N-ethyl adjacent to an activating group) is 1.